The van der Waals surface area contributed by atoms with Crippen molar-refractivity contribution in [1.82, 2.24) is 19.9 Å². The van der Waals surface area contributed by atoms with Crippen molar-refractivity contribution in [3.05, 3.63) is 48.2 Å². The number of hydrogen-bond donors (Lipinski definition) is 0. The molecule has 0 radical (unpaired) electrons. The highest BCUT2D eigenvalue weighted by Crippen LogP contribution is 2.16. The number of hydrogen-bond acceptors (Lipinski definition) is 6. The van der Waals surface area contributed by atoms with Crippen molar-refractivity contribution in [3.8, 4) is 0 Å². The van der Waals surface area contributed by atoms with Crippen LogP contribution in [0.3, 0.4) is 0 Å². The Morgan fingerprint density at radius 1 is 1.25 bits per heavy atom. The molecule has 1 saturated heterocycles. The molecule has 2 aromatic heterocycles. The molecule has 128 valence electrons. The standard InChI is InChI=1S/C18H25N5O/c1-22(2)18-9-15(5-6-21-18)3-4-17-13-23(7-8-24-17)12-16-10-19-14-20-11-16/h5-6,9-11,14,17H,3-4,7-8,12-13H2,1-2H3/t17-/m0/s1. The Morgan fingerprint density at radius 3 is 2.88 bits per heavy atom. The van der Waals surface area contributed by atoms with Crippen LogP contribution in [0.5, 0.6) is 0 Å². The fraction of sp³-hybridized carbons (Fsp3) is 0.500. The first-order valence-corrected chi connectivity index (χ1v) is 8.41. The number of morpholine rings is 1. The molecule has 24 heavy (non-hydrogen) atoms. The number of pyridine rings is 1. The molecule has 0 aliphatic carbocycles. The molecule has 6 heteroatoms. The summed E-state index contributed by atoms with van der Waals surface area (Å²) in [5.41, 5.74) is 2.47. The quantitative estimate of drug-likeness (QED) is 0.806. The van der Waals surface area contributed by atoms with Crippen LogP contribution in [-0.4, -0.2) is 59.7 Å². The summed E-state index contributed by atoms with van der Waals surface area (Å²) in [4.78, 5) is 17.0. The van der Waals surface area contributed by atoms with Gasteiger partial charge in [-0.1, -0.05) is 0 Å². The van der Waals surface area contributed by atoms with E-state index >= 15 is 0 Å². The van der Waals surface area contributed by atoms with Gasteiger partial charge in [0.05, 0.1) is 12.7 Å². The zero-order valence-corrected chi connectivity index (χ0v) is 14.4. The first-order valence-electron chi connectivity index (χ1n) is 8.41. The lowest BCUT2D eigenvalue weighted by Crippen LogP contribution is -2.42. The molecule has 1 aliphatic rings. The van der Waals surface area contributed by atoms with Gasteiger partial charge in [0.15, 0.2) is 0 Å². The molecule has 6 nitrogen and oxygen atoms in total. The highest BCUT2D eigenvalue weighted by Gasteiger charge is 2.20. The largest absolute Gasteiger partial charge is 0.376 e. The van der Waals surface area contributed by atoms with Crippen LogP contribution in [-0.2, 0) is 17.7 Å². The van der Waals surface area contributed by atoms with Crippen molar-refractivity contribution in [2.45, 2.75) is 25.5 Å². The summed E-state index contributed by atoms with van der Waals surface area (Å²) in [7, 11) is 4.03. The summed E-state index contributed by atoms with van der Waals surface area (Å²) < 4.78 is 5.95. The lowest BCUT2D eigenvalue weighted by Gasteiger charge is -2.33. The highest BCUT2D eigenvalue weighted by molar-refractivity contribution is 5.39. The maximum atomic E-state index is 5.95. The lowest BCUT2D eigenvalue weighted by atomic mass is 10.1. The summed E-state index contributed by atoms with van der Waals surface area (Å²) in [6.45, 7) is 3.60. The number of rotatable bonds is 6. The first kappa shape index (κ1) is 16.8. The molecule has 3 rings (SSSR count). The molecule has 0 N–H and O–H groups in total. The second-order valence-corrected chi connectivity index (χ2v) is 6.43. The summed E-state index contributed by atoms with van der Waals surface area (Å²) in [6.07, 6.45) is 9.54. The van der Waals surface area contributed by atoms with E-state index in [0.29, 0.717) is 0 Å². The van der Waals surface area contributed by atoms with Gasteiger partial charge >= 0.3 is 0 Å². The molecular formula is C18H25N5O. The minimum absolute atomic E-state index is 0.277. The highest BCUT2D eigenvalue weighted by atomic mass is 16.5. The molecule has 0 bridgehead atoms. The summed E-state index contributed by atoms with van der Waals surface area (Å²) in [5.74, 6) is 1.00. The van der Waals surface area contributed by atoms with Crippen molar-refractivity contribution in [3.63, 3.8) is 0 Å². The Balaban J connectivity index is 1.51. The van der Waals surface area contributed by atoms with Crippen LogP contribution >= 0.6 is 0 Å². The third-order valence-corrected chi connectivity index (χ3v) is 4.27. The SMILES string of the molecule is CN(C)c1cc(CC[C@H]2CN(Cc3cncnc3)CCO2)ccn1. The minimum Gasteiger partial charge on any atom is -0.376 e. The van der Waals surface area contributed by atoms with Crippen molar-refractivity contribution in [1.29, 1.82) is 0 Å². The van der Waals surface area contributed by atoms with Crippen molar-refractivity contribution < 1.29 is 4.74 Å². The minimum atomic E-state index is 0.277. The van der Waals surface area contributed by atoms with Crippen molar-refractivity contribution in [2.24, 2.45) is 0 Å². The van der Waals surface area contributed by atoms with Crippen LogP contribution in [0.2, 0.25) is 0 Å². The van der Waals surface area contributed by atoms with E-state index in [4.69, 9.17) is 4.74 Å². The molecule has 1 atom stereocenters. The van der Waals surface area contributed by atoms with Gasteiger partial charge in [-0.3, -0.25) is 4.90 Å². The van der Waals surface area contributed by atoms with Gasteiger partial charge < -0.3 is 9.64 Å². The van der Waals surface area contributed by atoms with Gasteiger partial charge in [-0.05, 0) is 30.5 Å². The number of anilines is 1. The molecule has 0 spiro atoms. The molecule has 0 unspecified atom stereocenters. The molecule has 3 heterocycles. The van der Waals surface area contributed by atoms with Crippen LogP contribution in [0.4, 0.5) is 5.82 Å². The molecule has 1 aliphatic heterocycles. The van der Waals surface area contributed by atoms with Crippen LogP contribution in [0, 0.1) is 0 Å². The third kappa shape index (κ3) is 4.72. The van der Waals surface area contributed by atoms with Crippen LogP contribution in [0.25, 0.3) is 0 Å². The van der Waals surface area contributed by atoms with Gasteiger partial charge in [-0.2, -0.15) is 0 Å². The fourth-order valence-electron chi connectivity index (χ4n) is 2.96. The number of nitrogens with zero attached hydrogens (tertiary/aromatic N) is 5. The normalized spacial score (nSPS) is 18.5. The summed E-state index contributed by atoms with van der Waals surface area (Å²) in [6, 6.07) is 4.25. The zero-order valence-electron chi connectivity index (χ0n) is 14.4. The monoisotopic (exact) mass is 327 g/mol. The van der Waals surface area contributed by atoms with Gasteiger partial charge in [0.1, 0.15) is 12.1 Å². The second-order valence-electron chi connectivity index (χ2n) is 6.43. The molecular weight excluding hydrogens is 302 g/mol. The Kier molecular flexibility index (Phi) is 5.72. The topological polar surface area (TPSA) is 54.4 Å². The van der Waals surface area contributed by atoms with Gasteiger partial charge in [0.2, 0.25) is 0 Å². The molecule has 0 saturated carbocycles. The van der Waals surface area contributed by atoms with E-state index < -0.39 is 0 Å². The molecule has 1 fully saturated rings. The van der Waals surface area contributed by atoms with Gasteiger partial charge in [-0.15, -0.1) is 0 Å². The Labute approximate surface area is 143 Å². The number of ether oxygens (including phenoxy) is 1. The average Bonchev–Trinajstić information content (AvgIpc) is 2.61. The van der Waals surface area contributed by atoms with Gasteiger partial charge in [0.25, 0.3) is 0 Å². The van der Waals surface area contributed by atoms with E-state index in [1.807, 2.05) is 37.6 Å². The maximum Gasteiger partial charge on any atom is 0.128 e. The Hall–Kier alpha value is -2.05. The predicted molar refractivity (Wildman–Crippen MR) is 93.9 cm³/mol. The van der Waals surface area contributed by atoms with Gasteiger partial charge in [0, 0.05) is 57.9 Å². The van der Waals surface area contributed by atoms with Crippen LogP contribution < -0.4 is 4.90 Å². The maximum absolute atomic E-state index is 5.95. The Bertz CT molecular complexity index is 634. The van der Waals surface area contributed by atoms with Crippen molar-refractivity contribution in [2.75, 3.05) is 38.7 Å². The second kappa shape index (κ2) is 8.17. The van der Waals surface area contributed by atoms with E-state index in [-0.39, 0.29) is 6.10 Å². The van der Waals surface area contributed by atoms with Crippen molar-refractivity contribution >= 4 is 5.82 Å². The molecule has 2 aromatic rings. The molecule has 0 aromatic carbocycles. The summed E-state index contributed by atoms with van der Waals surface area (Å²) >= 11 is 0. The Morgan fingerprint density at radius 2 is 2.08 bits per heavy atom. The van der Waals surface area contributed by atoms with Gasteiger partial charge in [-0.25, -0.2) is 15.0 Å². The smallest absolute Gasteiger partial charge is 0.128 e. The number of aryl methyl sites for hydroxylation is 1. The van der Waals surface area contributed by atoms with Crippen LogP contribution in [0.15, 0.2) is 37.1 Å². The lowest BCUT2D eigenvalue weighted by molar-refractivity contribution is -0.0346. The zero-order chi connectivity index (χ0) is 16.8. The van der Waals surface area contributed by atoms with E-state index in [1.165, 1.54) is 5.56 Å². The van der Waals surface area contributed by atoms with E-state index in [0.717, 1.165) is 50.5 Å². The first-order chi connectivity index (χ1) is 11.7. The number of aromatic nitrogens is 3. The van der Waals surface area contributed by atoms with E-state index in [2.05, 4.69) is 32.0 Å². The summed E-state index contributed by atoms with van der Waals surface area (Å²) in [5, 5.41) is 0. The average molecular weight is 327 g/mol. The third-order valence-electron chi connectivity index (χ3n) is 4.27. The fourth-order valence-corrected chi connectivity index (χ4v) is 2.96. The predicted octanol–water partition coefficient (Wildman–Crippen LogP) is 1.77. The van der Waals surface area contributed by atoms with E-state index in [9.17, 15) is 0 Å². The van der Waals surface area contributed by atoms with E-state index in [1.54, 1.807) is 6.33 Å². The molecule has 0 amide bonds. The van der Waals surface area contributed by atoms with Crippen LogP contribution in [0.1, 0.15) is 17.5 Å².